The third kappa shape index (κ3) is 2.28. The van der Waals surface area contributed by atoms with Crippen LogP contribution in [0.5, 0.6) is 0 Å². The molecule has 2 heteroatoms. The molecule has 92 valence electrons. The van der Waals surface area contributed by atoms with Crippen molar-refractivity contribution in [3.05, 3.63) is 0 Å². The minimum Gasteiger partial charge on any atom is -0.312 e. The van der Waals surface area contributed by atoms with Gasteiger partial charge in [-0.05, 0) is 57.2 Å². The molecule has 0 spiro atoms. The van der Waals surface area contributed by atoms with Crippen LogP contribution in [0.4, 0.5) is 0 Å². The summed E-state index contributed by atoms with van der Waals surface area (Å²) >= 11 is 0. The van der Waals surface area contributed by atoms with Crippen LogP contribution in [0, 0.1) is 11.8 Å². The Morgan fingerprint density at radius 1 is 0.938 bits per heavy atom. The molecule has 0 amide bonds. The quantitative estimate of drug-likeness (QED) is 0.771. The van der Waals surface area contributed by atoms with Crippen LogP contribution in [0.25, 0.3) is 0 Å². The smallest absolute Gasteiger partial charge is 0.0225 e. The van der Waals surface area contributed by atoms with Crippen molar-refractivity contribution in [1.82, 2.24) is 10.2 Å². The molecule has 1 saturated carbocycles. The molecule has 2 heterocycles. The highest BCUT2D eigenvalue weighted by molar-refractivity contribution is 4.91. The van der Waals surface area contributed by atoms with Crippen molar-refractivity contribution in [2.45, 2.75) is 51.0 Å². The largest absolute Gasteiger partial charge is 0.312 e. The molecule has 3 atom stereocenters. The van der Waals surface area contributed by atoms with Crippen LogP contribution < -0.4 is 5.32 Å². The third-order valence-electron chi connectivity index (χ3n) is 5.06. The molecule has 2 nitrogen and oxygen atoms in total. The summed E-state index contributed by atoms with van der Waals surface area (Å²) in [6, 6.07) is 0.817. The van der Waals surface area contributed by atoms with Gasteiger partial charge in [0.05, 0.1) is 0 Å². The lowest BCUT2D eigenvalue weighted by Crippen LogP contribution is -2.52. The van der Waals surface area contributed by atoms with E-state index >= 15 is 0 Å². The van der Waals surface area contributed by atoms with Crippen molar-refractivity contribution >= 4 is 0 Å². The van der Waals surface area contributed by atoms with Crippen LogP contribution in [0.2, 0.25) is 0 Å². The SMILES string of the molecule is C1CC[C@@H]2[C@H](C1)CCN[C@H]2CN1CCCC1. The van der Waals surface area contributed by atoms with Crippen molar-refractivity contribution in [3.63, 3.8) is 0 Å². The Bertz CT molecular complexity index is 221. The van der Waals surface area contributed by atoms with Crippen LogP contribution in [0.3, 0.4) is 0 Å². The number of fused-ring (bicyclic) bond motifs is 1. The first-order valence-electron chi connectivity index (χ1n) is 7.39. The van der Waals surface area contributed by atoms with Gasteiger partial charge in [-0.2, -0.15) is 0 Å². The Morgan fingerprint density at radius 2 is 1.75 bits per heavy atom. The van der Waals surface area contributed by atoms with Crippen molar-refractivity contribution < 1.29 is 0 Å². The summed E-state index contributed by atoms with van der Waals surface area (Å²) < 4.78 is 0. The number of piperidine rings is 1. The van der Waals surface area contributed by atoms with Gasteiger partial charge in [0.15, 0.2) is 0 Å². The monoisotopic (exact) mass is 222 g/mol. The number of likely N-dealkylation sites (tertiary alicyclic amines) is 1. The van der Waals surface area contributed by atoms with Gasteiger partial charge < -0.3 is 10.2 Å². The summed E-state index contributed by atoms with van der Waals surface area (Å²) in [6.07, 6.45) is 10.3. The van der Waals surface area contributed by atoms with E-state index in [1.807, 2.05) is 0 Å². The van der Waals surface area contributed by atoms with Gasteiger partial charge in [0.2, 0.25) is 0 Å². The van der Waals surface area contributed by atoms with Crippen molar-refractivity contribution in [2.75, 3.05) is 26.2 Å². The zero-order valence-corrected chi connectivity index (χ0v) is 10.5. The molecule has 0 radical (unpaired) electrons. The van der Waals surface area contributed by atoms with Gasteiger partial charge in [-0.25, -0.2) is 0 Å². The molecule has 1 aliphatic carbocycles. The van der Waals surface area contributed by atoms with Crippen LogP contribution >= 0.6 is 0 Å². The first-order valence-corrected chi connectivity index (χ1v) is 7.39. The van der Waals surface area contributed by atoms with Gasteiger partial charge in [-0.15, -0.1) is 0 Å². The van der Waals surface area contributed by atoms with Gasteiger partial charge in [0, 0.05) is 12.6 Å². The summed E-state index contributed by atoms with van der Waals surface area (Å²) in [5.41, 5.74) is 0. The lowest BCUT2D eigenvalue weighted by Gasteiger charge is -2.43. The van der Waals surface area contributed by atoms with E-state index in [9.17, 15) is 0 Å². The maximum Gasteiger partial charge on any atom is 0.0225 e. The van der Waals surface area contributed by atoms with E-state index < -0.39 is 0 Å². The minimum atomic E-state index is 0.817. The summed E-state index contributed by atoms with van der Waals surface area (Å²) in [7, 11) is 0. The average Bonchev–Trinajstić information content (AvgIpc) is 2.82. The summed E-state index contributed by atoms with van der Waals surface area (Å²) in [6.45, 7) is 5.33. The second-order valence-electron chi connectivity index (χ2n) is 6.07. The Hall–Kier alpha value is -0.0800. The van der Waals surface area contributed by atoms with E-state index in [1.165, 1.54) is 71.1 Å². The molecule has 3 fully saturated rings. The van der Waals surface area contributed by atoms with E-state index in [0.29, 0.717) is 0 Å². The predicted molar refractivity (Wildman–Crippen MR) is 67.5 cm³/mol. The summed E-state index contributed by atoms with van der Waals surface area (Å²) in [4.78, 5) is 2.69. The molecule has 2 aliphatic heterocycles. The Labute approximate surface area is 99.8 Å². The van der Waals surface area contributed by atoms with E-state index in [-0.39, 0.29) is 0 Å². The fraction of sp³-hybridized carbons (Fsp3) is 1.00. The second kappa shape index (κ2) is 5.05. The number of nitrogens with zero attached hydrogens (tertiary/aromatic N) is 1. The molecule has 0 aromatic rings. The number of hydrogen-bond acceptors (Lipinski definition) is 2. The van der Waals surface area contributed by atoms with Gasteiger partial charge in [-0.1, -0.05) is 19.3 Å². The summed E-state index contributed by atoms with van der Waals surface area (Å²) in [5, 5.41) is 3.80. The third-order valence-corrected chi connectivity index (χ3v) is 5.06. The van der Waals surface area contributed by atoms with Crippen molar-refractivity contribution in [3.8, 4) is 0 Å². The fourth-order valence-electron chi connectivity index (χ4n) is 4.17. The number of nitrogens with one attached hydrogen (secondary N) is 1. The Balaban J connectivity index is 1.59. The number of hydrogen-bond donors (Lipinski definition) is 1. The lowest BCUT2D eigenvalue weighted by atomic mass is 9.71. The standard InChI is InChI=1S/C14H26N2/c1-2-6-13-12(5-1)7-8-15-14(13)11-16-9-3-4-10-16/h12-15H,1-11H2/t12-,13-,14+/m1/s1. The summed E-state index contributed by atoms with van der Waals surface area (Å²) in [5.74, 6) is 2.06. The fourth-order valence-corrected chi connectivity index (χ4v) is 4.17. The minimum absolute atomic E-state index is 0.817. The van der Waals surface area contributed by atoms with Crippen LogP contribution in [-0.2, 0) is 0 Å². The highest BCUT2D eigenvalue weighted by Crippen LogP contribution is 2.37. The first-order chi connectivity index (χ1) is 7.93. The highest BCUT2D eigenvalue weighted by Gasteiger charge is 2.35. The molecule has 0 aromatic carbocycles. The first kappa shape index (κ1) is 11.0. The topological polar surface area (TPSA) is 15.3 Å². The molecule has 1 N–H and O–H groups in total. The molecule has 0 aromatic heterocycles. The van der Waals surface area contributed by atoms with Gasteiger partial charge in [0.1, 0.15) is 0 Å². The molecule has 16 heavy (non-hydrogen) atoms. The van der Waals surface area contributed by atoms with Gasteiger partial charge >= 0.3 is 0 Å². The molecule has 0 unspecified atom stereocenters. The molecule has 2 saturated heterocycles. The highest BCUT2D eigenvalue weighted by atomic mass is 15.2. The Kier molecular flexibility index (Phi) is 3.49. The van der Waals surface area contributed by atoms with Crippen LogP contribution in [-0.4, -0.2) is 37.1 Å². The van der Waals surface area contributed by atoms with Crippen LogP contribution in [0.1, 0.15) is 44.9 Å². The molecule has 3 aliphatic rings. The second-order valence-corrected chi connectivity index (χ2v) is 6.07. The van der Waals surface area contributed by atoms with E-state index in [0.717, 1.165) is 17.9 Å². The van der Waals surface area contributed by atoms with Crippen molar-refractivity contribution in [2.24, 2.45) is 11.8 Å². The van der Waals surface area contributed by atoms with E-state index in [4.69, 9.17) is 0 Å². The van der Waals surface area contributed by atoms with E-state index in [1.54, 1.807) is 0 Å². The number of rotatable bonds is 2. The normalized spacial score (nSPS) is 40.9. The zero-order chi connectivity index (χ0) is 10.8. The maximum atomic E-state index is 3.80. The predicted octanol–water partition coefficient (Wildman–Crippen LogP) is 2.25. The van der Waals surface area contributed by atoms with Crippen molar-refractivity contribution in [1.29, 1.82) is 0 Å². The molecular weight excluding hydrogens is 196 g/mol. The molecule has 0 bridgehead atoms. The van der Waals surface area contributed by atoms with Crippen LogP contribution in [0.15, 0.2) is 0 Å². The zero-order valence-electron chi connectivity index (χ0n) is 10.5. The lowest BCUT2D eigenvalue weighted by molar-refractivity contribution is 0.110. The van der Waals surface area contributed by atoms with Gasteiger partial charge in [-0.3, -0.25) is 0 Å². The molecule has 3 rings (SSSR count). The Morgan fingerprint density at radius 3 is 2.62 bits per heavy atom. The maximum absolute atomic E-state index is 3.80. The van der Waals surface area contributed by atoms with Gasteiger partial charge in [0.25, 0.3) is 0 Å². The molecular formula is C14H26N2. The van der Waals surface area contributed by atoms with E-state index in [2.05, 4.69) is 10.2 Å². The average molecular weight is 222 g/mol.